The molecule has 0 spiro atoms. The van der Waals surface area contributed by atoms with Crippen molar-refractivity contribution in [2.24, 2.45) is 5.73 Å². The van der Waals surface area contributed by atoms with Crippen molar-refractivity contribution in [3.8, 4) is 0 Å². The van der Waals surface area contributed by atoms with Gasteiger partial charge in [0, 0.05) is 38.3 Å². The van der Waals surface area contributed by atoms with Crippen LogP contribution in [0, 0.1) is 0 Å². The van der Waals surface area contributed by atoms with Gasteiger partial charge in [-0.25, -0.2) is 4.79 Å². The molecule has 1 aromatic heterocycles. The molecular weight excluding hydrogens is 324 g/mol. The van der Waals surface area contributed by atoms with Crippen molar-refractivity contribution < 1.29 is 9.59 Å². The van der Waals surface area contributed by atoms with Crippen LogP contribution < -0.4 is 16.0 Å². The molecule has 24 heavy (non-hydrogen) atoms. The van der Waals surface area contributed by atoms with Crippen molar-refractivity contribution in [2.45, 2.75) is 6.54 Å². The number of amides is 3. The third-order valence-electron chi connectivity index (χ3n) is 4.04. The van der Waals surface area contributed by atoms with Gasteiger partial charge in [-0.3, -0.25) is 4.79 Å². The van der Waals surface area contributed by atoms with Gasteiger partial charge in [-0.2, -0.15) is 0 Å². The van der Waals surface area contributed by atoms with Crippen LogP contribution in [0.5, 0.6) is 0 Å². The minimum atomic E-state index is -0.465. The molecule has 1 aliphatic rings. The SMILES string of the molecule is NC(=O)c1cccc(CNC(=O)N2CCN(c3cccs3)CC2)c1. The van der Waals surface area contributed by atoms with E-state index in [0.717, 1.165) is 18.7 Å². The summed E-state index contributed by atoms with van der Waals surface area (Å²) in [5, 5.41) is 6.22. The van der Waals surface area contributed by atoms with Gasteiger partial charge in [-0.05, 0) is 35.2 Å². The highest BCUT2D eigenvalue weighted by molar-refractivity contribution is 7.14. The van der Waals surface area contributed by atoms with Gasteiger partial charge in [0.05, 0.1) is 5.00 Å². The lowest BCUT2D eigenvalue weighted by Gasteiger charge is -2.35. The third-order valence-corrected chi connectivity index (χ3v) is 4.97. The number of primary amides is 1. The van der Waals surface area contributed by atoms with Crippen LogP contribution in [0.25, 0.3) is 0 Å². The molecule has 0 radical (unpaired) electrons. The van der Waals surface area contributed by atoms with E-state index in [2.05, 4.69) is 21.7 Å². The van der Waals surface area contributed by atoms with Crippen LogP contribution >= 0.6 is 11.3 Å². The number of nitrogens with two attached hydrogens (primary N) is 1. The largest absolute Gasteiger partial charge is 0.366 e. The number of urea groups is 1. The number of rotatable bonds is 4. The van der Waals surface area contributed by atoms with Gasteiger partial charge in [-0.15, -0.1) is 11.3 Å². The lowest BCUT2D eigenvalue weighted by atomic mass is 10.1. The fourth-order valence-electron chi connectivity index (χ4n) is 2.70. The molecule has 3 rings (SSSR count). The number of carbonyl (C=O) groups excluding carboxylic acids is 2. The summed E-state index contributed by atoms with van der Waals surface area (Å²) in [6, 6.07) is 11.1. The molecule has 1 aliphatic heterocycles. The second-order valence-corrected chi connectivity index (χ2v) is 6.57. The molecule has 126 valence electrons. The summed E-state index contributed by atoms with van der Waals surface area (Å²) < 4.78 is 0. The zero-order valence-corrected chi connectivity index (χ0v) is 14.1. The van der Waals surface area contributed by atoms with Crippen LogP contribution in [0.4, 0.5) is 9.80 Å². The summed E-state index contributed by atoms with van der Waals surface area (Å²) in [6.07, 6.45) is 0. The fraction of sp³-hybridized carbons (Fsp3) is 0.294. The molecule has 1 aromatic carbocycles. The Morgan fingerprint density at radius 3 is 2.58 bits per heavy atom. The Morgan fingerprint density at radius 2 is 1.92 bits per heavy atom. The molecule has 2 aromatic rings. The van der Waals surface area contributed by atoms with E-state index in [-0.39, 0.29) is 6.03 Å². The first kappa shape index (κ1) is 16.3. The second-order valence-electron chi connectivity index (χ2n) is 5.65. The maximum absolute atomic E-state index is 12.3. The number of hydrogen-bond donors (Lipinski definition) is 2. The van der Waals surface area contributed by atoms with Crippen molar-refractivity contribution in [1.82, 2.24) is 10.2 Å². The number of nitrogens with one attached hydrogen (secondary N) is 1. The predicted molar refractivity (Wildman–Crippen MR) is 95.3 cm³/mol. The zero-order valence-electron chi connectivity index (χ0n) is 13.3. The average Bonchev–Trinajstić information content (AvgIpc) is 3.14. The number of thiophene rings is 1. The van der Waals surface area contributed by atoms with Gasteiger partial charge in [-0.1, -0.05) is 12.1 Å². The molecule has 1 saturated heterocycles. The average molecular weight is 344 g/mol. The van der Waals surface area contributed by atoms with Gasteiger partial charge < -0.3 is 20.9 Å². The third kappa shape index (κ3) is 3.86. The lowest BCUT2D eigenvalue weighted by molar-refractivity contribution is 0.1000. The fourth-order valence-corrected chi connectivity index (χ4v) is 3.49. The summed E-state index contributed by atoms with van der Waals surface area (Å²) in [7, 11) is 0. The molecule has 3 amide bonds. The van der Waals surface area contributed by atoms with E-state index in [9.17, 15) is 9.59 Å². The van der Waals surface area contributed by atoms with Gasteiger partial charge >= 0.3 is 6.03 Å². The Morgan fingerprint density at radius 1 is 1.12 bits per heavy atom. The van der Waals surface area contributed by atoms with Gasteiger partial charge in [0.25, 0.3) is 0 Å². The predicted octanol–water partition coefficient (Wildman–Crippen LogP) is 1.88. The number of carbonyl (C=O) groups is 2. The number of anilines is 1. The van der Waals surface area contributed by atoms with E-state index in [1.54, 1.807) is 29.5 Å². The van der Waals surface area contributed by atoms with Crippen molar-refractivity contribution in [1.29, 1.82) is 0 Å². The molecule has 0 unspecified atom stereocenters. The monoisotopic (exact) mass is 344 g/mol. The van der Waals surface area contributed by atoms with Crippen molar-refractivity contribution >= 4 is 28.3 Å². The van der Waals surface area contributed by atoms with E-state index in [4.69, 9.17) is 5.73 Å². The number of benzene rings is 1. The van der Waals surface area contributed by atoms with Crippen molar-refractivity contribution in [3.05, 3.63) is 52.9 Å². The number of nitrogens with zero attached hydrogens (tertiary/aromatic N) is 2. The molecule has 2 heterocycles. The van der Waals surface area contributed by atoms with E-state index >= 15 is 0 Å². The van der Waals surface area contributed by atoms with Crippen LogP contribution in [0.2, 0.25) is 0 Å². The first-order valence-electron chi connectivity index (χ1n) is 7.83. The standard InChI is InChI=1S/C17H20N4O2S/c18-16(22)14-4-1-3-13(11-14)12-19-17(23)21-8-6-20(7-9-21)15-5-2-10-24-15/h1-5,10-11H,6-9,12H2,(H2,18,22)(H,19,23). The summed E-state index contributed by atoms with van der Waals surface area (Å²) in [5.41, 5.74) is 6.58. The summed E-state index contributed by atoms with van der Waals surface area (Å²) in [5.74, 6) is -0.465. The molecule has 6 nitrogen and oxygen atoms in total. The Hall–Kier alpha value is -2.54. The summed E-state index contributed by atoms with van der Waals surface area (Å²) >= 11 is 1.72. The van der Waals surface area contributed by atoms with Crippen LogP contribution in [-0.4, -0.2) is 43.0 Å². The Bertz CT molecular complexity index is 709. The van der Waals surface area contributed by atoms with E-state index in [0.29, 0.717) is 25.2 Å². The molecule has 7 heteroatoms. The zero-order chi connectivity index (χ0) is 16.9. The van der Waals surface area contributed by atoms with Crippen LogP contribution in [0.15, 0.2) is 41.8 Å². The molecule has 3 N–H and O–H groups in total. The Kier molecular flexibility index (Phi) is 5.00. The van der Waals surface area contributed by atoms with E-state index in [1.165, 1.54) is 5.00 Å². The molecule has 0 saturated carbocycles. The quantitative estimate of drug-likeness (QED) is 0.889. The minimum absolute atomic E-state index is 0.0784. The molecule has 0 bridgehead atoms. The topological polar surface area (TPSA) is 78.7 Å². The highest BCUT2D eigenvalue weighted by atomic mass is 32.1. The first-order chi connectivity index (χ1) is 11.6. The van der Waals surface area contributed by atoms with Gasteiger partial charge in [0.2, 0.25) is 5.91 Å². The van der Waals surface area contributed by atoms with Gasteiger partial charge in [0.15, 0.2) is 0 Å². The van der Waals surface area contributed by atoms with E-state index in [1.807, 2.05) is 17.0 Å². The Labute approximate surface area is 144 Å². The summed E-state index contributed by atoms with van der Waals surface area (Å²) in [4.78, 5) is 27.6. The lowest BCUT2D eigenvalue weighted by Crippen LogP contribution is -2.51. The number of hydrogen-bond acceptors (Lipinski definition) is 4. The smallest absolute Gasteiger partial charge is 0.317 e. The van der Waals surface area contributed by atoms with Crippen LogP contribution in [0.1, 0.15) is 15.9 Å². The van der Waals surface area contributed by atoms with Crippen molar-refractivity contribution in [2.75, 3.05) is 31.1 Å². The van der Waals surface area contributed by atoms with Crippen LogP contribution in [0.3, 0.4) is 0 Å². The molecule has 1 fully saturated rings. The van der Waals surface area contributed by atoms with Crippen LogP contribution in [-0.2, 0) is 6.54 Å². The highest BCUT2D eigenvalue weighted by Gasteiger charge is 2.21. The normalized spacial score (nSPS) is 14.5. The van der Waals surface area contributed by atoms with E-state index < -0.39 is 5.91 Å². The molecule has 0 atom stereocenters. The highest BCUT2D eigenvalue weighted by Crippen LogP contribution is 2.22. The molecular formula is C17H20N4O2S. The maximum atomic E-state index is 12.3. The Balaban J connectivity index is 1.49. The maximum Gasteiger partial charge on any atom is 0.317 e. The molecule has 0 aliphatic carbocycles. The first-order valence-corrected chi connectivity index (χ1v) is 8.71. The minimum Gasteiger partial charge on any atom is -0.366 e. The second kappa shape index (κ2) is 7.35. The van der Waals surface area contributed by atoms with Crippen molar-refractivity contribution in [3.63, 3.8) is 0 Å². The van der Waals surface area contributed by atoms with Gasteiger partial charge in [0.1, 0.15) is 0 Å². The number of piperazine rings is 1. The summed E-state index contributed by atoms with van der Waals surface area (Å²) in [6.45, 7) is 3.46.